The molecule has 0 saturated heterocycles. The van der Waals surface area contributed by atoms with Crippen molar-refractivity contribution in [3.8, 4) is 0 Å². The van der Waals surface area contributed by atoms with Crippen molar-refractivity contribution in [2.45, 2.75) is 58.8 Å². The molecule has 12 nitrogen and oxygen atoms in total. The van der Waals surface area contributed by atoms with E-state index >= 15 is 0 Å². The highest BCUT2D eigenvalue weighted by molar-refractivity contribution is 5.69. The maximum Gasteiger partial charge on any atom is 0.305 e. The van der Waals surface area contributed by atoms with Crippen LogP contribution in [0, 0.1) is 0 Å². The summed E-state index contributed by atoms with van der Waals surface area (Å²) in [5, 5.41) is 0. The van der Waals surface area contributed by atoms with Gasteiger partial charge >= 0.3 is 11.9 Å². The van der Waals surface area contributed by atoms with E-state index in [4.69, 9.17) is 47.4 Å². The molecule has 0 unspecified atom stereocenters. The second kappa shape index (κ2) is 34.8. The van der Waals surface area contributed by atoms with Gasteiger partial charge in [-0.05, 0) is 12.8 Å². The van der Waals surface area contributed by atoms with Crippen molar-refractivity contribution in [2.75, 3.05) is 119 Å². The normalized spacial score (nSPS) is 11.2. The van der Waals surface area contributed by atoms with E-state index in [0.717, 1.165) is 32.1 Å². The summed E-state index contributed by atoms with van der Waals surface area (Å²) >= 11 is 0. The molecule has 0 fully saturated rings. The maximum atomic E-state index is 11.5. The number of unbranched alkanes of at least 4 members (excludes halogenated alkanes) is 3. The molecule has 0 atom stereocenters. The molecule has 41 heavy (non-hydrogen) atoms. The zero-order valence-corrected chi connectivity index (χ0v) is 25.6. The first-order chi connectivity index (χ1) is 20.2. The van der Waals surface area contributed by atoms with E-state index in [0.29, 0.717) is 119 Å². The minimum Gasteiger partial charge on any atom is -0.463 e. The molecule has 0 spiro atoms. The Morgan fingerprint density at radius 1 is 0.341 bits per heavy atom. The van der Waals surface area contributed by atoms with Gasteiger partial charge in [0.25, 0.3) is 0 Å². The van der Waals surface area contributed by atoms with E-state index in [-0.39, 0.29) is 25.2 Å². The highest BCUT2D eigenvalue weighted by Gasteiger charge is 2.02. The third kappa shape index (κ3) is 34.7. The van der Waals surface area contributed by atoms with Crippen LogP contribution in [0.5, 0.6) is 0 Å². The van der Waals surface area contributed by atoms with Gasteiger partial charge in [0.15, 0.2) is 0 Å². The van der Waals surface area contributed by atoms with Gasteiger partial charge in [-0.1, -0.05) is 33.1 Å². The van der Waals surface area contributed by atoms with E-state index in [1.165, 1.54) is 0 Å². The van der Waals surface area contributed by atoms with Crippen LogP contribution in [-0.4, -0.2) is 131 Å². The number of carbonyl (C=O) groups is 2. The number of carbonyl (C=O) groups excluding carboxylic acids is 2. The van der Waals surface area contributed by atoms with Crippen molar-refractivity contribution in [3.05, 3.63) is 0 Å². The number of rotatable bonds is 34. The Balaban J connectivity index is 3.10. The van der Waals surface area contributed by atoms with E-state index in [9.17, 15) is 9.59 Å². The smallest absolute Gasteiger partial charge is 0.305 e. The third-order valence-electron chi connectivity index (χ3n) is 5.27. The van der Waals surface area contributed by atoms with Crippen molar-refractivity contribution in [1.29, 1.82) is 0 Å². The summed E-state index contributed by atoms with van der Waals surface area (Å²) in [6.45, 7) is 12.1. The summed E-state index contributed by atoms with van der Waals surface area (Å²) < 4.78 is 53.4. The molecule has 0 rings (SSSR count). The molecule has 0 amide bonds. The van der Waals surface area contributed by atoms with Crippen LogP contribution in [0.4, 0.5) is 0 Å². The van der Waals surface area contributed by atoms with Crippen LogP contribution in [0.3, 0.4) is 0 Å². The predicted octanol–water partition coefficient (Wildman–Crippen LogP) is 2.98. The van der Waals surface area contributed by atoms with Crippen molar-refractivity contribution in [3.63, 3.8) is 0 Å². The zero-order valence-electron chi connectivity index (χ0n) is 25.6. The van der Waals surface area contributed by atoms with Gasteiger partial charge in [-0.3, -0.25) is 9.59 Å². The lowest BCUT2D eigenvalue weighted by Crippen LogP contribution is -2.15. The maximum absolute atomic E-state index is 11.5. The van der Waals surface area contributed by atoms with Crippen LogP contribution < -0.4 is 0 Å². The lowest BCUT2D eigenvalue weighted by molar-refractivity contribution is -0.146. The SMILES string of the molecule is CCCCCCC(=O)OCCOCCOCCOCCOCCOCCOCCOCCOCCOC(=O)CCC. The molecule has 0 heterocycles. The average Bonchev–Trinajstić information content (AvgIpc) is 2.97. The second-order valence-electron chi connectivity index (χ2n) is 8.90. The molecule has 0 aromatic heterocycles. The number of ether oxygens (including phenoxy) is 10. The Hall–Kier alpha value is -1.38. The first kappa shape index (κ1) is 39.6. The average molecular weight is 597 g/mol. The summed E-state index contributed by atoms with van der Waals surface area (Å²) in [6.07, 6.45) is 5.98. The minimum absolute atomic E-state index is 0.154. The molecule has 0 aromatic rings. The van der Waals surface area contributed by atoms with E-state index in [1.54, 1.807) is 0 Å². The first-order valence-electron chi connectivity index (χ1n) is 15.1. The van der Waals surface area contributed by atoms with Crippen LogP contribution in [0.15, 0.2) is 0 Å². The van der Waals surface area contributed by atoms with Gasteiger partial charge in [0.05, 0.1) is 106 Å². The summed E-state index contributed by atoms with van der Waals surface area (Å²) in [5.74, 6) is -0.344. The van der Waals surface area contributed by atoms with Gasteiger partial charge in [-0.25, -0.2) is 0 Å². The van der Waals surface area contributed by atoms with Gasteiger partial charge < -0.3 is 47.4 Å². The fourth-order valence-corrected chi connectivity index (χ4v) is 3.11. The monoisotopic (exact) mass is 596 g/mol. The quantitative estimate of drug-likeness (QED) is 0.0801. The van der Waals surface area contributed by atoms with Gasteiger partial charge in [0, 0.05) is 12.8 Å². The topological polar surface area (TPSA) is 126 Å². The van der Waals surface area contributed by atoms with Crippen LogP contribution in [-0.2, 0) is 57.0 Å². The van der Waals surface area contributed by atoms with Gasteiger partial charge in [0.2, 0.25) is 0 Å². The zero-order chi connectivity index (χ0) is 29.9. The summed E-state index contributed by atoms with van der Waals surface area (Å²) in [4.78, 5) is 22.7. The first-order valence-corrected chi connectivity index (χ1v) is 15.1. The van der Waals surface area contributed by atoms with Crippen LogP contribution >= 0.6 is 0 Å². The Bertz CT molecular complexity index is 550. The lowest BCUT2D eigenvalue weighted by atomic mass is 10.2. The molecule has 244 valence electrons. The number of hydrogen-bond donors (Lipinski definition) is 0. The minimum atomic E-state index is -0.190. The summed E-state index contributed by atoms with van der Waals surface area (Å²) in [7, 11) is 0. The molecule has 0 aliphatic carbocycles. The largest absolute Gasteiger partial charge is 0.463 e. The molecule has 0 aliphatic heterocycles. The fourth-order valence-electron chi connectivity index (χ4n) is 3.11. The summed E-state index contributed by atoms with van der Waals surface area (Å²) in [6, 6.07) is 0. The van der Waals surface area contributed by atoms with E-state index in [1.807, 2.05) is 6.92 Å². The standard InChI is InChI=1S/C29H56O12/c1-3-5-6-7-9-29(31)41-27-25-39-23-21-37-19-17-35-15-13-33-11-10-32-12-14-34-16-18-36-20-22-38-24-26-40-28(30)8-4-2/h3-27H2,1-2H3. The van der Waals surface area contributed by atoms with E-state index < -0.39 is 0 Å². The molecule has 0 aliphatic rings. The Kier molecular flexibility index (Phi) is 33.6. The predicted molar refractivity (Wildman–Crippen MR) is 152 cm³/mol. The fraction of sp³-hybridized carbons (Fsp3) is 0.931. The summed E-state index contributed by atoms with van der Waals surface area (Å²) in [5.41, 5.74) is 0. The van der Waals surface area contributed by atoms with Crippen molar-refractivity contribution < 1.29 is 57.0 Å². The molecule has 0 bridgehead atoms. The molecule has 0 saturated carbocycles. The molecule has 12 heteroatoms. The van der Waals surface area contributed by atoms with Crippen molar-refractivity contribution >= 4 is 11.9 Å². The highest BCUT2D eigenvalue weighted by atomic mass is 16.6. The Morgan fingerprint density at radius 3 is 0.927 bits per heavy atom. The molecule has 0 aromatic carbocycles. The molecule has 0 radical (unpaired) electrons. The highest BCUT2D eigenvalue weighted by Crippen LogP contribution is 2.03. The van der Waals surface area contributed by atoms with Crippen LogP contribution in [0.25, 0.3) is 0 Å². The number of hydrogen-bond acceptors (Lipinski definition) is 12. The van der Waals surface area contributed by atoms with Crippen molar-refractivity contribution in [1.82, 2.24) is 0 Å². The second-order valence-corrected chi connectivity index (χ2v) is 8.90. The molecular formula is C29H56O12. The van der Waals surface area contributed by atoms with E-state index in [2.05, 4.69) is 6.92 Å². The third-order valence-corrected chi connectivity index (χ3v) is 5.27. The van der Waals surface area contributed by atoms with Crippen LogP contribution in [0.2, 0.25) is 0 Å². The van der Waals surface area contributed by atoms with Gasteiger partial charge in [-0.15, -0.1) is 0 Å². The van der Waals surface area contributed by atoms with Gasteiger partial charge in [0.1, 0.15) is 13.2 Å². The number of esters is 2. The Labute approximate surface area is 246 Å². The molecular weight excluding hydrogens is 540 g/mol. The van der Waals surface area contributed by atoms with Gasteiger partial charge in [-0.2, -0.15) is 0 Å². The molecule has 0 N–H and O–H groups in total. The lowest BCUT2D eigenvalue weighted by Gasteiger charge is -2.09. The van der Waals surface area contributed by atoms with Crippen molar-refractivity contribution in [2.24, 2.45) is 0 Å². The Morgan fingerprint density at radius 2 is 0.634 bits per heavy atom. The van der Waals surface area contributed by atoms with Crippen LogP contribution in [0.1, 0.15) is 58.8 Å².